The van der Waals surface area contributed by atoms with Crippen molar-refractivity contribution in [3.8, 4) is 12.3 Å². The Morgan fingerprint density at radius 1 is 1.38 bits per heavy atom. The molecule has 0 heterocycles. The van der Waals surface area contributed by atoms with E-state index >= 15 is 0 Å². The van der Waals surface area contributed by atoms with Crippen molar-refractivity contribution < 1.29 is 9.59 Å². The first-order valence-corrected chi connectivity index (χ1v) is 5.29. The van der Waals surface area contributed by atoms with Gasteiger partial charge in [0.25, 0.3) is 0 Å². The summed E-state index contributed by atoms with van der Waals surface area (Å²) >= 11 is 0. The Kier molecular flexibility index (Phi) is 6.97. The third-order valence-corrected chi connectivity index (χ3v) is 1.93. The van der Waals surface area contributed by atoms with Gasteiger partial charge in [-0.2, -0.15) is 0 Å². The maximum Gasteiger partial charge on any atom is 0.321 e. The SMILES string of the molecule is C#CCC(C)NC(C)C(=O)NC(=O)NCC. The van der Waals surface area contributed by atoms with E-state index in [-0.39, 0.29) is 11.9 Å². The van der Waals surface area contributed by atoms with Crippen LogP contribution in [0, 0.1) is 12.3 Å². The highest BCUT2D eigenvalue weighted by atomic mass is 16.2. The van der Waals surface area contributed by atoms with E-state index in [9.17, 15) is 9.59 Å². The van der Waals surface area contributed by atoms with Gasteiger partial charge < -0.3 is 10.6 Å². The van der Waals surface area contributed by atoms with Gasteiger partial charge in [-0.15, -0.1) is 12.3 Å². The summed E-state index contributed by atoms with van der Waals surface area (Å²) in [5, 5.41) is 7.70. The summed E-state index contributed by atoms with van der Waals surface area (Å²) < 4.78 is 0. The number of urea groups is 1. The van der Waals surface area contributed by atoms with Gasteiger partial charge in [0.15, 0.2) is 0 Å². The number of terminal acetylenes is 1. The molecular weight excluding hydrogens is 206 g/mol. The first-order chi connectivity index (χ1) is 7.51. The van der Waals surface area contributed by atoms with Crippen molar-refractivity contribution in [3.05, 3.63) is 0 Å². The molecule has 0 radical (unpaired) electrons. The molecule has 2 atom stereocenters. The standard InChI is InChI=1S/C11H19N3O2/c1-5-7-8(3)13-9(4)10(15)14-11(16)12-6-2/h1,8-9,13H,6-7H2,2-4H3,(H2,12,14,15,16). The normalized spacial score (nSPS) is 13.4. The summed E-state index contributed by atoms with van der Waals surface area (Å²) in [7, 11) is 0. The Labute approximate surface area is 96.4 Å². The number of carbonyl (C=O) groups is 2. The topological polar surface area (TPSA) is 70.2 Å². The van der Waals surface area contributed by atoms with Gasteiger partial charge in [-0.3, -0.25) is 10.1 Å². The highest BCUT2D eigenvalue weighted by molar-refractivity contribution is 5.96. The van der Waals surface area contributed by atoms with Crippen LogP contribution in [-0.2, 0) is 4.79 Å². The summed E-state index contributed by atoms with van der Waals surface area (Å²) in [5.74, 6) is 2.13. The van der Waals surface area contributed by atoms with Gasteiger partial charge in [-0.1, -0.05) is 0 Å². The fraction of sp³-hybridized carbons (Fsp3) is 0.636. The number of hydrogen-bond acceptors (Lipinski definition) is 3. The van der Waals surface area contributed by atoms with Gasteiger partial charge in [0, 0.05) is 19.0 Å². The van der Waals surface area contributed by atoms with Crippen LogP contribution < -0.4 is 16.0 Å². The molecule has 16 heavy (non-hydrogen) atoms. The van der Waals surface area contributed by atoms with Gasteiger partial charge >= 0.3 is 6.03 Å². The Bertz CT molecular complexity index is 283. The molecule has 0 aliphatic rings. The Morgan fingerprint density at radius 2 is 2.00 bits per heavy atom. The highest BCUT2D eigenvalue weighted by Crippen LogP contribution is 1.92. The van der Waals surface area contributed by atoms with Crippen molar-refractivity contribution >= 4 is 11.9 Å². The van der Waals surface area contributed by atoms with Crippen molar-refractivity contribution in [2.45, 2.75) is 39.3 Å². The van der Waals surface area contributed by atoms with Crippen LogP contribution in [0.3, 0.4) is 0 Å². The van der Waals surface area contributed by atoms with E-state index in [0.29, 0.717) is 13.0 Å². The summed E-state index contributed by atoms with van der Waals surface area (Å²) in [5.41, 5.74) is 0. The summed E-state index contributed by atoms with van der Waals surface area (Å²) in [6.07, 6.45) is 5.69. The molecule has 0 bridgehead atoms. The zero-order valence-electron chi connectivity index (χ0n) is 9.96. The average molecular weight is 225 g/mol. The smallest absolute Gasteiger partial charge is 0.321 e. The van der Waals surface area contributed by atoms with Crippen LogP contribution in [0.4, 0.5) is 4.79 Å². The number of nitrogens with one attached hydrogen (secondary N) is 3. The minimum atomic E-state index is -0.481. The van der Waals surface area contributed by atoms with E-state index in [1.165, 1.54) is 0 Å². The molecule has 0 fully saturated rings. The van der Waals surface area contributed by atoms with E-state index in [1.807, 2.05) is 6.92 Å². The highest BCUT2D eigenvalue weighted by Gasteiger charge is 2.16. The quantitative estimate of drug-likeness (QED) is 0.586. The van der Waals surface area contributed by atoms with Gasteiger partial charge in [0.1, 0.15) is 0 Å². The Morgan fingerprint density at radius 3 is 2.50 bits per heavy atom. The maximum absolute atomic E-state index is 11.5. The van der Waals surface area contributed by atoms with Crippen molar-refractivity contribution in [1.82, 2.24) is 16.0 Å². The van der Waals surface area contributed by atoms with E-state index in [2.05, 4.69) is 21.9 Å². The molecule has 0 aromatic rings. The largest absolute Gasteiger partial charge is 0.338 e. The molecule has 0 aliphatic carbocycles. The lowest BCUT2D eigenvalue weighted by molar-refractivity contribution is -0.121. The third-order valence-electron chi connectivity index (χ3n) is 1.93. The second-order valence-electron chi connectivity index (χ2n) is 3.55. The number of amides is 3. The molecule has 0 rings (SSSR count). The van der Waals surface area contributed by atoms with Gasteiger partial charge in [0.2, 0.25) is 5.91 Å². The molecule has 0 aliphatic heterocycles. The van der Waals surface area contributed by atoms with Crippen LogP contribution in [0.15, 0.2) is 0 Å². The Hall–Kier alpha value is -1.54. The minimum Gasteiger partial charge on any atom is -0.338 e. The molecule has 3 amide bonds. The fourth-order valence-corrected chi connectivity index (χ4v) is 1.16. The van der Waals surface area contributed by atoms with E-state index in [4.69, 9.17) is 6.42 Å². The van der Waals surface area contributed by atoms with E-state index in [0.717, 1.165) is 0 Å². The summed E-state index contributed by atoms with van der Waals surface area (Å²) in [4.78, 5) is 22.5. The third kappa shape index (κ3) is 6.04. The van der Waals surface area contributed by atoms with Crippen molar-refractivity contribution in [2.24, 2.45) is 0 Å². The van der Waals surface area contributed by atoms with Crippen LogP contribution in [0.2, 0.25) is 0 Å². The molecule has 5 heteroatoms. The molecule has 90 valence electrons. The number of carbonyl (C=O) groups excluding carboxylic acids is 2. The molecule has 0 saturated carbocycles. The molecule has 5 nitrogen and oxygen atoms in total. The lowest BCUT2D eigenvalue weighted by Crippen LogP contribution is -2.49. The zero-order chi connectivity index (χ0) is 12.6. The van der Waals surface area contributed by atoms with Crippen molar-refractivity contribution in [1.29, 1.82) is 0 Å². The molecule has 2 unspecified atom stereocenters. The predicted octanol–water partition coefficient (Wildman–Crippen LogP) is 0.222. The first-order valence-electron chi connectivity index (χ1n) is 5.29. The zero-order valence-corrected chi connectivity index (χ0v) is 9.96. The van der Waals surface area contributed by atoms with E-state index in [1.54, 1.807) is 13.8 Å². The number of rotatable bonds is 5. The van der Waals surface area contributed by atoms with Crippen LogP contribution in [0.5, 0.6) is 0 Å². The van der Waals surface area contributed by atoms with Gasteiger partial charge in [0.05, 0.1) is 6.04 Å². The van der Waals surface area contributed by atoms with Gasteiger partial charge in [-0.25, -0.2) is 4.79 Å². The van der Waals surface area contributed by atoms with E-state index < -0.39 is 12.1 Å². The molecule has 0 aromatic carbocycles. The van der Waals surface area contributed by atoms with Crippen LogP contribution >= 0.6 is 0 Å². The van der Waals surface area contributed by atoms with Crippen LogP contribution in [0.25, 0.3) is 0 Å². The summed E-state index contributed by atoms with van der Waals surface area (Å²) in [6, 6.07) is -0.892. The lowest BCUT2D eigenvalue weighted by atomic mass is 10.2. The molecular formula is C11H19N3O2. The fourth-order valence-electron chi connectivity index (χ4n) is 1.16. The lowest BCUT2D eigenvalue weighted by Gasteiger charge is -2.17. The Balaban J connectivity index is 3.99. The van der Waals surface area contributed by atoms with Crippen LogP contribution in [-0.4, -0.2) is 30.6 Å². The molecule has 0 spiro atoms. The maximum atomic E-state index is 11.5. The number of imide groups is 1. The monoisotopic (exact) mass is 225 g/mol. The van der Waals surface area contributed by atoms with Gasteiger partial charge in [-0.05, 0) is 20.8 Å². The summed E-state index contributed by atoms with van der Waals surface area (Å²) in [6.45, 7) is 5.83. The van der Waals surface area contributed by atoms with Crippen molar-refractivity contribution in [2.75, 3.05) is 6.54 Å². The van der Waals surface area contributed by atoms with Crippen LogP contribution in [0.1, 0.15) is 27.2 Å². The first kappa shape index (κ1) is 14.5. The number of hydrogen-bond donors (Lipinski definition) is 3. The molecule has 3 N–H and O–H groups in total. The average Bonchev–Trinajstić information content (AvgIpc) is 2.17. The minimum absolute atomic E-state index is 0.0417. The molecule has 0 aromatic heterocycles. The predicted molar refractivity (Wildman–Crippen MR) is 62.7 cm³/mol. The second kappa shape index (κ2) is 7.71. The second-order valence-corrected chi connectivity index (χ2v) is 3.55. The van der Waals surface area contributed by atoms with Crippen molar-refractivity contribution in [3.63, 3.8) is 0 Å². The molecule has 0 saturated heterocycles.